The van der Waals surface area contributed by atoms with Gasteiger partial charge >= 0.3 is 0 Å². The van der Waals surface area contributed by atoms with Crippen LogP contribution in [0.5, 0.6) is 5.75 Å². The first-order valence-corrected chi connectivity index (χ1v) is 8.41. The molecule has 1 unspecified atom stereocenters. The molecule has 0 spiro atoms. The van der Waals surface area contributed by atoms with Crippen molar-refractivity contribution in [1.82, 2.24) is 4.72 Å². The monoisotopic (exact) mass is 300 g/mol. The SMILES string of the molecule is CCCC(C)NS(=O)(=O)c1ccc(OCC)c(CN)c1. The molecule has 0 bridgehead atoms. The highest BCUT2D eigenvalue weighted by molar-refractivity contribution is 7.89. The van der Waals surface area contributed by atoms with Crippen molar-refractivity contribution in [2.75, 3.05) is 6.61 Å². The number of ether oxygens (including phenoxy) is 1. The predicted octanol–water partition coefficient (Wildman–Crippen LogP) is 2.01. The van der Waals surface area contributed by atoms with E-state index in [0.717, 1.165) is 12.8 Å². The number of hydrogen-bond acceptors (Lipinski definition) is 4. The van der Waals surface area contributed by atoms with Crippen LogP contribution in [-0.4, -0.2) is 21.1 Å². The molecule has 20 heavy (non-hydrogen) atoms. The van der Waals surface area contributed by atoms with Crippen molar-refractivity contribution in [1.29, 1.82) is 0 Å². The quantitative estimate of drug-likeness (QED) is 0.769. The fourth-order valence-electron chi connectivity index (χ4n) is 2.00. The summed E-state index contributed by atoms with van der Waals surface area (Å²) in [7, 11) is -3.51. The van der Waals surface area contributed by atoms with Gasteiger partial charge in [-0.25, -0.2) is 13.1 Å². The average molecular weight is 300 g/mol. The molecule has 1 atom stereocenters. The van der Waals surface area contributed by atoms with Gasteiger partial charge in [0.1, 0.15) is 5.75 Å². The Hall–Kier alpha value is -1.11. The van der Waals surface area contributed by atoms with E-state index in [1.54, 1.807) is 18.2 Å². The van der Waals surface area contributed by atoms with Gasteiger partial charge in [0.25, 0.3) is 0 Å². The second-order valence-corrected chi connectivity index (χ2v) is 6.43. The molecule has 0 radical (unpaired) electrons. The summed E-state index contributed by atoms with van der Waals surface area (Å²) in [5, 5.41) is 0. The standard InChI is InChI=1S/C14H24N2O3S/c1-4-6-11(3)16-20(17,18)13-7-8-14(19-5-2)12(9-13)10-15/h7-9,11,16H,4-6,10,15H2,1-3H3. The van der Waals surface area contributed by atoms with Crippen molar-refractivity contribution in [3.63, 3.8) is 0 Å². The molecule has 1 aromatic carbocycles. The first-order chi connectivity index (χ1) is 9.44. The maximum atomic E-state index is 12.3. The van der Waals surface area contributed by atoms with Crippen LogP contribution in [0.15, 0.2) is 23.1 Å². The van der Waals surface area contributed by atoms with Crippen LogP contribution in [0.3, 0.4) is 0 Å². The molecule has 114 valence electrons. The highest BCUT2D eigenvalue weighted by Crippen LogP contribution is 2.22. The molecule has 0 aromatic heterocycles. The van der Waals surface area contributed by atoms with Crippen molar-refractivity contribution < 1.29 is 13.2 Å². The lowest BCUT2D eigenvalue weighted by Gasteiger charge is -2.15. The Kier molecular flexibility index (Phi) is 6.45. The molecule has 3 N–H and O–H groups in total. The van der Waals surface area contributed by atoms with Crippen LogP contribution in [0.25, 0.3) is 0 Å². The van der Waals surface area contributed by atoms with E-state index >= 15 is 0 Å². The van der Waals surface area contributed by atoms with Gasteiger partial charge in [-0.2, -0.15) is 0 Å². The van der Waals surface area contributed by atoms with E-state index in [-0.39, 0.29) is 17.5 Å². The highest BCUT2D eigenvalue weighted by atomic mass is 32.2. The summed E-state index contributed by atoms with van der Waals surface area (Å²) < 4.78 is 32.6. The zero-order valence-electron chi connectivity index (χ0n) is 12.3. The minimum Gasteiger partial charge on any atom is -0.494 e. The second-order valence-electron chi connectivity index (χ2n) is 4.72. The van der Waals surface area contributed by atoms with E-state index < -0.39 is 10.0 Å². The van der Waals surface area contributed by atoms with Crippen LogP contribution >= 0.6 is 0 Å². The number of rotatable bonds is 8. The van der Waals surface area contributed by atoms with Gasteiger partial charge in [0, 0.05) is 18.2 Å². The second kappa shape index (κ2) is 7.61. The molecule has 1 aromatic rings. The van der Waals surface area contributed by atoms with E-state index in [1.807, 2.05) is 20.8 Å². The third kappa shape index (κ3) is 4.47. The molecule has 0 saturated heterocycles. The Balaban J connectivity index is 3.01. The fourth-order valence-corrected chi connectivity index (χ4v) is 3.33. The topological polar surface area (TPSA) is 81.4 Å². The van der Waals surface area contributed by atoms with E-state index in [4.69, 9.17) is 10.5 Å². The number of hydrogen-bond donors (Lipinski definition) is 2. The molecular weight excluding hydrogens is 276 g/mol. The molecule has 0 fully saturated rings. The van der Waals surface area contributed by atoms with E-state index in [9.17, 15) is 8.42 Å². The van der Waals surface area contributed by atoms with Crippen molar-refractivity contribution in [3.05, 3.63) is 23.8 Å². The Labute approximate surface area is 121 Å². The molecule has 5 nitrogen and oxygen atoms in total. The van der Waals surface area contributed by atoms with Crippen LogP contribution in [0.1, 0.15) is 39.2 Å². The minimum atomic E-state index is -3.51. The fraction of sp³-hybridized carbons (Fsp3) is 0.571. The summed E-state index contributed by atoms with van der Waals surface area (Å²) in [6, 6.07) is 4.69. The number of benzene rings is 1. The van der Waals surface area contributed by atoms with E-state index in [2.05, 4.69) is 4.72 Å². The molecule has 0 aliphatic carbocycles. The van der Waals surface area contributed by atoms with Crippen molar-refractivity contribution in [2.24, 2.45) is 5.73 Å². The van der Waals surface area contributed by atoms with Crippen molar-refractivity contribution in [2.45, 2.75) is 51.1 Å². The van der Waals surface area contributed by atoms with E-state index in [1.165, 1.54) is 0 Å². The Morgan fingerprint density at radius 2 is 2.05 bits per heavy atom. The molecule has 0 aliphatic heterocycles. The predicted molar refractivity (Wildman–Crippen MR) is 80.2 cm³/mol. The Morgan fingerprint density at radius 1 is 1.35 bits per heavy atom. The lowest BCUT2D eigenvalue weighted by Crippen LogP contribution is -2.32. The molecular formula is C14H24N2O3S. The van der Waals surface area contributed by atoms with Crippen LogP contribution < -0.4 is 15.2 Å². The van der Waals surface area contributed by atoms with Gasteiger partial charge in [-0.1, -0.05) is 13.3 Å². The summed E-state index contributed by atoms with van der Waals surface area (Å²) in [4.78, 5) is 0.226. The molecule has 6 heteroatoms. The molecule has 0 aliphatic rings. The van der Waals surface area contributed by atoms with Gasteiger partial charge in [0.15, 0.2) is 0 Å². The summed E-state index contributed by atoms with van der Waals surface area (Å²) in [6.07, 6.45) is 1.74. The summed E-state index contributed by atoms with van der Waals surface area (Å²) >= 11 is 0. The molecule has 0 heterocycles. The van der Waals surface area contributed by atoms with Gasteiger partial charge < -0.3 is 10.5 Å². The highest BCUT2D eigenvalue weighted by Gasteiger charge is 2.18. The maximum Gasteiger partial charge on any atom is 0.240 e. The van der Waals surface area contributed by atoms with Gasteiger partial charge in [0.2, 0.25) is 10.0 Å². The van der Waals surface area contributed by atoms with Gasteiger partial charge in [-0.05, 0) is 38.5 Å². The number of nitrogens with one attached hydrogen (secondary N) is 1. The lowest BCUT2D eigenvalue weighted by atomic mass is 10.2. The smallest absolute Gasteiger partial charge is 0.240 e. The average Bonchev–Trinajstić information content (AvgIpc) is 2.39. The molecule has 1 rings (SSSR count). The van der Waals surface area contributed by atoms with Crippen molar-refractivity contribution >= 4 is 10.0 Å². The minimum absolute atomic E-state index is 0.0853. The Morgan fingerprint density at radius 3 is 2.60 bits per heavy atom. The van der Waals surface area contributed by atoms with Crippen LogP contribution in [-0.2, 0) is 16.6 Å². The third-order valence-corrected chi connectivity index (χ3v) is 4.53. The largest absolute Gasteiger partial charge is 0.494 e. The van der Waals surface area contributed by atoms with Gasteiger partial charge in [-0.3, -0.25) is 0 Å². The molecule has 0 amide bonds. The first-order valence-electron chi connectivity index (χ1n) is 6.92. The van der Waals surface area contributed by atoms with Gasteiger partial charge in [0.05, 0.1) is 11.5 Å². The summed E-state index contributed by atoms with van der Waals surface area (Å²) in [6.45, 7) is 6.51. The van der Waals surface area contributed by atoms with Crippen LogP contribution in [0.2, 0.25) is 0 Å². The Bertz CT molecular complexity index is 529. The molecule has 0 saturated carbocycles. The zero-order valence-corrected chi connectivity index (χ0v) is 13.2. The number of nitrogens with two attached hydrogens (primary N) is 1. The van der Waals surface area contributed by atoms with Crippen molar-refractivity contribution in [3.8, 4) is 5.75 Å². The van der Waals surface area contributed by atoms with Crippen LogP contribution in [0, 0.1) is 0 Å². The zero-order chi connectivity index (χ0) is 15.2. The number of sulfonamides is 1. The normalized spacial score (nSPS) is 13.2. The first kappa shape index (κ1) is 16.9. The van der Waals surface area contributed by atoms with Crippen LogP contribution in [0.4, 0.5) is 0 Å². The summed E-state index contributed by atoms with van der Waals surface area (Å²) in [5.41, 5.74) is 6.34. The lowest BCUT2D eigenvalue weighted by molar-refractivity contribution is 0.336. The summed E-state index contributed by atoms with van der Waals surface area (Å²) in [5.74, 6) is 0.635. The van der Waals surface area contributed by atoms with Gasteiger partial charge in [-0.15, -0.1) is 0 Å². The maximum absolute atomic E-state index is 12.3. The third-order valence-electron chi connectivity index (χ3n) is 2.94. The van der Waals surface area contributed by atoms with E-state index in [0.29, 0.717) is 17.9 Å².